The summed E-state index contributed by atoms with van der Waals surface area (Å²) in [5.41, 5.74) is -0.219. The molecule has 0 spiro atoms. The summed E-state index contributed by atoms with van der Waals surface area (Å²) >= 11 is 6.18. The van der Waals surface area contributed by atoms with Gasteiger partial charge in [-0.2, -0.15) is 0 Å². The minimum absolute atomic E-state index is 0.0375. The molecule has 1 amide bonds. The lowest BCUT2D eigenvalue weighted by atomic mass is 10.0. The first kappa shape index (κ1) is 23.8. The van der Waals surface area contributed by atoms with Gasteiger partial charge >= 0.3 is 0 Å². The van der Waals surface area contributed by atoms with Crippen LogP contribution in [0.2, 0.25) is 5.02 Å². The van der Waals surface area contributed by atoms with Crippen molar-refractivity contribution in [2.24, 2.45) is 0 Å². The van der Waals surface area contributed by atoms with Gasteiger partial charge < -0.3 is 14.8 Å². The number of carbonyl (C=O) groups is 1. The molecule has 0 fully saturated rings. The van der Waals surface area contributed by atoms with E-state index in [1.165, 1.54) is 13.2 Å². The molecule has 0 aromatic heterocycles. The summed E-state index contributed by atoms with van der Waals surface area (Å²) in [6, 6.07) is 10.4. The van der Waals surface area contributed by atoms with Gasteiger partial charge in [0.25, 0.3) is 15.9 Å². The van der Waals surface area contributed by atoms with Gasteiger partial charge in [0.05, 0.1) is 24.4 Å². The highest BCUT2D eigenvalue weighted by molar-refractivity contribution is 7.92. The van der Waals surface area contributed by atoms with Crippen molar-refractivity contribution in [3.05, 3.63) is 70.8 Å². The van der Waals surface area contributed by atoms with E-state index < -0.39 is 38.1 Å². The highest BCUT2D eigenvalue weighted by Gasteiger charge is 2.26. The van der Waals surface area contributed by atoms with Gasteiger partial charge in [0.1, 0.15) is 22.3 Å². The normalized spacial score (nSPS) is 15.4. The van der Waals surface area contributed by atoms with Crippen molar-refractivity contribution in [3.8, 4) is 22.6 Å². The summed E-state index contributed by atoms with van der Waals surface area (Å²) in [6.07, 6.45) is 0.446. The molecular weight excluding hydrogens is 490 g/mol. The maximum Gasteiger partial charge on any atom is 0.265 e. The predicted molar refractivity (Wildman–Crippen MR) is 123 cm³/mol. The van der Waals surface area contributed by atoms with Crippen molar-refractivity contribution in [3.63, 3.8) is 0 Å². The first-order valence-corrected chi connectivity index (χ1v) is 12.0. The number of benzene rings is 3. The van der Waals surface area contributed by atoms with Crippen LogP contribution in [0.5, 0.6) is 11.5 Å². The van der Waals surface area contributed by atoms with E-state index in [-0.39, 0.29) is 35.1 Å². The van der Waals surface area contributed by atoms with Crippen LogP contribution in [-0.2, 0) is 10.0 Å². The molecule has 6 bridgehead atoms. The summed E-state index contributed by atoms with van der Waals surface area (Å²) in [5.74, 6) is -2.38. The zero-order valence-electron chi connectivity index (χ0n) is 17.8. The number of fused-ring (bicyclic) bond motifs is 7. The third-order valence-corrected chi connectivity index (χ3v) is 6.74. The van der Waals surface area contributed by atoms with Crippen molar-refractivity contribution >= 4 is 33.2 Å². The standard InChI is InChI=1S/C23H19ClF2N2O5S/c1-32-22-17(24)9-14-10-21(22)34(30,31)28-20-11-16(18(25)12-19(20)26)13-4-2-5-15(8-13)33-7-3-6-27-23(14)29/h2,4-5,8-12,28H,3,6-7H2,1H3,(H,27,29). The van der Waals surface area contributed by atoms with Gasteiger partial charge in [-0.25, -0.2) is 17.2 Å². The van der Waals surface area contributed by atoms with Crippen molar-refractivity contribution in [2.75, 3.05) is 25.0 Å². The summed E-state index contributed by atoms with van der Waals surface area (Å²) in [4.78, 5) is 12.1. The number of hydrogen-bond donors (Lipinski definition) is 2. The Morgan fingerprint density at radius 2 is 1.85 bits per heavy atom. The largest absolute Gasteiger partial charge is 0.494 e. The van der Waals surface area contributed by atoms with Crippen molar-refractivity contribution in [1.29, 1.82) is 0 Å². The van der Waals surface area contributed by atoms with E-state index in [2.05, 4.69) is 10.0 Å². The Kier molecular flexibility index (Phi) is 6.63. The number of carbonyl (C=O) groups excluding carboxylic acids is 1. The molecule has 4 rings (SSSR count). The molecule has 3 aromatic rings. The van der Waals surface area contributed by atoms with Gasteiger partial charge in [-0.1, -0.05) is 23.7 Å². The maximum absolute atomic E-state index is 14.6. The average molecular weight is 509 g/mol. The van der Waals surface area contributed by atoms with Crippen LogP contribution in [0, 0.1) is 11.6 Å². The third kappa shape index (κ3) is 4.78. The topological polar surface area (TPSA) is 93.7 Å². The van der Waals surface area contributed by atoms with Crippen LogP contribution < -0.4 is 19.5 Å². The monoisotopic (exact) mass is 508 g/mol. The van der Waals surface area contributed by atoms with Crippen molar-refractivity contribution < 1.29 is 31.5 Å². The molecule has 11 heteroatoms. The average Bonchev–Trinajstić information content (AvgIpc) is 2.79. The van der Waals surface area contributed by atoms with Crippen LogP contribution in [0.4, 0.5) is 14.5 Å². The smallest absolute Gasteiger partial charge is 0.265 e. The quantitative estimate of drug-likeness (QED) is 0.501. The molecule has 3 aromatic carbocycles. The maximum atomic E-state index is 14.6. The lowest BCUT2D eigenvalue weighted by molar-refractivity contribution is 0.0951. The fourth-order valence-electron chi connectivity index (χ4n) is 3.46. The molecule has 7 nitrogen and oxygen atoms in total. The first-order chi connectivity index (χ1) is 16.2. The van der Waals surface area contributed by atoms with E-state index in [9.17, 15) is 22.0 Å². The Balaban J connectivity index is 1.90. The minimum atomic E-state index is -4.51. The highest BCUT2D eigenvalue weighted by atomic mass is 35.5. The Morgan fingerprint density at radius 1 is 1.06 bits per heavy atom. The van der Waals surface area contributed by atoms with E-state index in [0.717, 1.165) is 12.1 Å². The Bertz CT molecular complexity index is 1380. The lowest BCUT2D eigenvalue weighted by Gasteiger charge is -2.16. The molecule has 0 aliphatic carbocycles. The number of anilines is 1. The summed E-state index contributed by atoms with van der Waals surface area (Å²) in [6.45, 7) is 0.495. The number of halogens is 3. The molecule has 1 aliphatic rings. The van der Waals surface area contributed by atoms with Crippen LogP contribution in [-0.4, -0.2) is 34.6 Å². The van der Waals surface area contributed by atoms with Gasteiger partial charge in [0.15, 0.2) is 5.75 Å². The molecule has 1 aliphatic heterocycles. The first-order valence-electron chi connectivity index (χ1n) is 10.1. The fraction of sp³-hybridized carbons (Fsp3) is 0.174. The van der Waals surface area contributed by atoms with Gasteiger partial charge in [0.2, 0.25) is 0 Å². The van der Waals surface area contributed by atoms with E-state index in [1.807, 2.05) is 0 Å². The van der Waals surface area contributed by atoms with Gasteiger partial charge in [-0.3, -0.25) is 9.52 Å². The number of sulfonamides is 1. The summed E-state index contributed by atoms with van der Waals surface area (Å²) < 4.78 is 68.6. The second-order valence-corrected chi connectivity index (χ2v) is 9.45. The number of methoxy groups -OCH3 is 1. The molecule has 0 unspecified atom stereocenters. The van der Waals surface area contributed by atoms with Crippen LogP contribution in [0.25, 0.3) is 11.1 Å². The van der Waals surface area contributed by atoms with E-state index >= 15 is 0 Å². The lowest BCUT2D eigenvalue weighted by Crippen LogP contribution is -2.26. The molecule has 34 heavy (non-hydrogen) atoms. The molecule has 1 heterocycles. The predicted octanol–water partition coefficient (Wildman–Crippen LogP) is 4.61. The van der Waals surface area contributed by atoms with Crippen molar-refractivity contribution in [1.82, 2.24) is 5.32 Å². The van der Waals surface area contributed by atoms with E-state index in [4.69, 9.17) is 21.1 Å². The molecule has 0 saturated carbocycles. The summed E-state index contributed by atoms with van der Waals surface area (Å²) in [5, 5.41) is 2.53. The summed E-state index contributed by atoms with van der Waals surface area (Å²) in [7, 11) is -3.30. The second kappa shape index (κ2) is 9.47. The van der Waals surface area contributed by atoms with E-state index in [1.54, 1.807) is 24.3 Å². The Morgan fingerprint density at radius 3 is 2.62 bits per heavy atom. The minimum Gasteiger partial charge on any atom is -0.494 e. The molecular formula is C23H19ClF2N2O5S. The van der Waals surface area contributed by atoms with Crippen LogP contribution in [0.1, 0.15) is 16.8 Å². The molecule has 2 N–H and O–H groups in total. The molecule has 178 valence electrons. The van der Waals surface area contributed by atoms with Gasteiger partial charge in [0, 0.05) is 23.7 Å². The number of rotatable bonds is 1. The molecule has 0 radical (unpaired) electrons. The van der Waals surface area contributed by atoms with Crippen LogP contribution >= 0.6 is 11.6 Å². The third-order valence-electron chi connectivity index (χ3n) is 5.09. The zero-order valence-corrected chi connectivity index (χ0v) is 19.4. The van der Waals surface area contributed by atoms with Gasteiger partial charge in [-0.15, -0.1) is 0 Å². The zero-order chi connectivity index (χ0) is 24.5. The molecule has 0 atom stereocenters. The fourth-order valence-corrected chi connectivity index (χ4v) is 5.09. The van der Waals surface area contributed by atoms with E-state index in [0.29, 0.717) is 23.8 Å². The Labute approximate surface area is 199 Å². The van der Waals surface area contributed by atoms with Crippen molar-refractivity contribution in [2.45, 2.75) is 11.3 Å². The number of hydrogen-bond acceptors (Lipinski definition) is 5. The molecule has 0 saturated heterocycles. The number of nitrogens with one attached hydrogen (secondary N) is 2. The number of amides is 1. The highest BCUT2D eigenvalue weighted by Crippen LogP contribution is 2.36. The SMILES string of the molecule is COc1c(Cl)cc2cc1S(=O)(=O)Nc1cc(c(F)cc1F)-c1cccc(c1)OCCCNC2=O. The number of ether oxygens (including phenoxy) is 2. The Hall–Kier alpha value is -3.37. The van der Waals surface area contributed by atoms with Crippen LogP contribution in [0.15, 0.2) is 53.4 Å². The second-order valence-electron chi connectivity index (χ2n) is 7.39. The van der Waals surface area contributed by atoms with Gasteiger partial charge in [-0.05, 0) is 42.3 Å². The van der Waals surface area contributed by atoms with Crippen LogP contribution in [0.3, 0.4) is 0 Å².